The molecule has 4 heteroatoms. The first-order chi connectivity index (χ1) is 9.15. The third-order valence-corrected chi connectivity index (χ3v) is 3.36. The first-order valence-electron chi connectivity index (χ1n) is 6.17. The fourth-order valence-corrected chi connectivity index (χ4v) is 2.39. The van der Waals surface area contributed by atoms with Crippen LogP contribution in [0, 0.1) is 17.5 Å². The molecule has 1 nitrogen and oxygen atoms in total. The highest BCUT2D eigenvalue weighted by molar-refractivity contribution is 5.69. The summed E-state index contributed by atoms with van der Waals surface area (Å²) in [5, 5.41) is 3.25. The monoisotopic (exact) mass is 263 g/mol. The Labute approximate surface area is 109 Å². The van der Waals surface area contributed by atoms with Gasteiger partial charge in [0.25, 0.3) is 0 Å². The average molecular weight is 263 g/mol. The van der Waals surface area contributed by atoms with Gasteiger partial charge in [0.05, 0.1) is 0 Å². The van der Waals surface area contributed by atoms with Gasteiger partial charge >= 0.3 is 0 Å². The minimum atomic E-state index is -1.17. The quantitative estimate of drug-likeness (QED) is 0.763. The number of halogens is 3. The van der Waals surface area contributed by atoms with E-state index in [2.05, 4.69) is 5.32 Å². The van der Waals surface area contributed by atoms with Crippen molar-refractivity contribution in [3.63, 3.8) is 0 Å². The van der Waals surface area contributed by atoms with Crippen molar-refractivity contribution in [3.8, 4) is 11.1 Å². The number of hydrogen-bond acceptors (Lipinski definition) is 1. The van der Waals surface area contributed by atoms with E-state index in [0.717, 1.165) is 36.7 Å². The Kier molecular flexibility index (Phi) is 2.93. The van der Waals surface area contributed by atoms with Gasteiger partial charge in [-0.2, -0.15) is 0 Å². The Morgan fingerprint density at radius 1 is 0.895 bits per heavy atom. The number of aryl methyl sites for hydroxylation is 1. The SMILES string of the molecule is Fc1cc(F)c(-c2ccc3c(c2)CCCN3)cc1F. The molecule has 1 N–H and O–H groups in total. The van der Waals surface area contributed by atoms with E-state index in [1.807, 2.05) is 12.1 Å². The highest BCUT2D eigenvalue weighted by Gasteiger charge is 2.14. The van der Waals surface area contributed by atoms with Crippen LogP contribution in [0.15, 0.2) is 30.3 Å². The smallest absolute Gasteiger partial charge is 0.161 e. The predicted molar refractivity (Wildman–Crippen MR) is 68.6 cm³/mol. The largest absolute Gasteiger partial charge is 0.385 e. The van der Waals surface area contributed by atoms with E-state index in [9.17, 15) is 13.2 Å². The molecule has 98 valence electrons. The van der Waals surface area contributed by atoms with Gasteiger partial charge in [-0.25, -0.2) is 13.2 Å². The van der Waals surface area contributed by atoms with Gasteiger partial charge in [0.15, 0.2) is 11.6 Å². The zero-order valence-electron chi connectivity index (χ0n) is 10.1. The first kappa shape index (κ1) is 12.1. The first-order valence-corrected chi connectivity index (χ1v) is 6.17. The van der Waals surface area contributed by atoms with Gasteiger partial charge in [-0.1, -0.05) is 6.07 Å². The maximum absolute atomic E-state index is 13.7. The molecule has 0 bridgehead atoms. The fraction of sp³-hybridized carbons (Fsp3) is 0.200. The average Bonchev–Trinajstić information content (AvgIpc) is 2.42. The van der Waals surface area contributed by atoms with Crippen LogP contribution in [0.4, 0.5) is 18.9 Å². The predicted octanol–water partition coefficient (Wildman–Crippen LogP) is 4.13. The molecule has 19 heavy (non-hydrogen) atoms. The fourth-order valence-electron chi connectivity index (χ4n) is 2.39. The lowest BCUT2D eigenvalue weighted by Gasteiger charge is -2.18. The van der Waals surface area contributed by atoms with Crippen LogP contribution in [0.3, 0.4) is 0 Å². The second-order valence-electron chi connectivity index (χ2n) is 4.65. The van der Waals surface area contributed by atoms with Gasteiger partial charge in [0.1, 0.15) is 5.82 Å². The number of benzene rings is 2. The second kappa shape index (κ2) is 4.61. The van der Waals surface area contributed by atoms with E-state index in [4.69, 9.17) is 0 Å². The third kappa shape index (κ3) is 2.18. The maximum Gasteiger partial charge on any atom is 0.161 e. The van der Waals surface area contributed by atoms with Crippen molar-refractivity contribution >= 4 is 5.69 Å². The van der Waals surface area contributed by atoms with Crippen LogP contribution in [0.2, 0.25) is 0 Å². The number of nitrogens with one attached hydrogen (secondary N) is 1. The minimum Gasteiger partial charge on any atom is -0.385 e. The summed E-state index contributed by atoms with van der Waals surface area (Å²) < 4.78 is 39.9. The molecule has 0 saturated carbocycles. The van der Waals surface area contributed by atoms with Gasteiger partial charge in [0.2, 0.25) is 0 Å². The zero-order chi connectivity index (χ0) is 13.4. The van der Waals surface area contributed by atoms with E-state index >= 15 is 0 Å². The van der Waals surface area contributed by atoms with Crippen molar-refractivity contribution < 1.29 is 13.2 Å². The zero-order valence-corrected chi connectivity index (χ0v) is 10.1. The topological polar surface area (TPSA) is 12.0 Å². The maximum atomic E-state index is 13.7. The standard InChI is InChI=1S/C15H12F3N/c16-12-8-14(18)13(17)7-11(12)9-3-4-15-10(6-9)2-1-5-19-15/h3-4,6-8,19H,1-2,5H2. The molecular formula is C15H12F3N. The highest BCUT2D eigenvalue weighted by atomic mass is 19.2. The number of rotatable bonds is 1. The summed E-state index contributed by atoms with van der Waals surface area (Å²) in [5.41, 5.74) is 2.76. The summed E-state index contributed by atoms with van der Waals surface area (Å²) in [6.45, 7) is 0.923. The van der Waals surface area contributed by atoms with E-state index in [1.165, 1.54) is 0 Å². The number of hydrogen-bond donors (Lipinski definition) is 1. The molecule has 1 aliphatic rings. The van der Waals surface area contributed by atoms with Gasteiger partial charge in [-0.05, 0) is 42.2 Å². The summed E-state index contributed by atoms with van der Waals surface area (Å²) in [6.07, 6.45) is 1.91. The van der Waals surface area contributed by atoms with Crippen molar-refractivity contribution in [1.82, 2.24) is 0 Å². The molecule has 0 saturated heterocycles. The van der Waals surface area contributed by atoms with E-state index in [0.29, 0.717) is 11.6 Å². The molecule has 0 spiro atoms. The summed E-state index contributed by atoms with van der Waals surface area (Å²) in [6, 6.07) is 6.89. The molecule has 2 aromatic rings. The molecule has 1 heterocycles. The van der Waals surface area contributed by atoms with Crippen molar-refractivity contribution in [2.24, 2.45) is 0 Å². The van der Waals surface area contributed by atoms with E-state index < -0.39 is 17.5 Å². The molecule has 0 aromatic heterocycles. The van der Waals surface area contributed by atoms with Crippen LogP contribution >= 0.6 is 0 Å². The lowest BCUT2D eigenvalue weighted by molar-refractivity contribution is 0.496. The highest BCUT2D eigenvalue weighted by Crippen LogP contribution is 2.30. The van der Waals surface area contributed by atoms with Crippen molar-refractivity contribution in [2.45, 2.75) is 12.8 Å². The number of fused-ring (bicyclic) bond motifs is 1. The Bertz CT molecular complexity index is 638. The van der Waals surface area contributed by atoms with Crippen LogP contribution in [0.1, 0.15) is 12.0 Å². The Morgan fingerprint density at radius 3 is 2.53 bits per heavy atom. The second-order valence-corrected chi connectivity index (χ2v) is 4.65. The summed E-state index contributed by atoms with van der Waals surface area (Å²) in [4.78, 5) is 0. The summed E-state index contributed by atoms with van der Waals surface area (Å²) >= 11 is 0. The van der Waals surface area contributed by atoms with Gasteiger partial charge in [0, 0.05) is 23.9 Å². The molecule has 0 amide bonds. The van der Waals surface area contributed by atoms with Crippen LogP contribution in [0.5, 0.6) is 0 Å². The van der Waals surface area contributed by atoms with Crippen LogP contribution in [-0.2, 0) is 6.42 Å². The van der Waals surface area contributed by atoms with E-state index in [-0.39, 0.29) is 5.56 Å². The molecule has 2 aromatic carbocycles. The third-order valence-electron chi connectivity index (χ3n) is 3.36. The molecule has 0 aliphatic carbocycles. The van der Waals surface area contributed by atoms with Crippen molar-refractivity contribution in [2.75, 3.05) is 11.9 Å². The Morgan fingerprint density at radius 2 is 1.68 bits per heavy atom. The Balaban J connectivity index is 2.09. The van der Waals surface area contributed by atoms with Crippen LogP contribution in [-0.4, -0.2) is 6.54 Å². The molecular weight excluding hydrogens is 251 g/mol. The summed E-state index contributed by atoms with van der Waals surface area (Å²) in [7, 11) is 0. The number of anilines is 1. The molecule has 0 atom stereocenters. The lowest BCUT2D eigenvalue weighted by Crippen LogP contribution is -2.11. The van der Waals surface area contributed by atoms with Crippen LogP contribution < -0.4 is 5.32 Å². The summed E-state index contributed by atoms with van der Waals surface area (Å²) in [5.74, 6) is -2.95. The molecule has 1 aliphatic heterocycles. The Hall–Kier alpha value is -1.97. The van der Waals surface area contributed by atoms with Gasteiger partial charge < -0.3 is 5.32 Å². The van der Waals surface area contributed by atoms with Gasteiger partial charge in [-0.15, -0.1) is 0 Å². The molecule has 0 unspecified atom stereocenters. The normalized spacial score (nSPS) is 13.8. The van der Waals surface area contributed by atoms with Gasteiger partial charge in [-0.3, -0.25) is 0 Å². The molecule has 0 fully saturated rings. The minimum absolute atomic E-state index is 0.0901. The molecule has 3 rings (SSSR count). The van der Waals surface area contributed by atoms with E-state index in [1.54, 1.807) is 6.07 Å². The van der Waals surface area contributed by atoms with Crippen molar-refractivity contribution in [3.05, 3.63) is 53.3 Å². The van der Waals surface area contributed by atoms with Crippen LogP contribution in [0.25, 0.3) is 11.1 Å². The lowest BCUT2D eigenvalue weighted by atomic mass is 9.97. The molecule has 0 radical (unpaired) electrons. The van der Waals surface area contributed by atoms with Crippen molar-refractivity contribution in [1.29, 1.82) is 0 Å².